The van der Waals surface area contributed by atoms with Crippen LogP contribution in [0.4, 0.5) is 18.9 Å². The van der Waals surface area contributed by atoms with Gasteiger partial charge < -0.3 is 9.84 Å². The standard InChI is InChI=1S/C17H16F3NO4/c1-2-25-12-8-4-7-10-9-5-3-6-11(9)14(15(22)23)21(13(10)12)16(24)17(18,19)20/h3-5,7-9,11,14H,2,6H2,1H3,(H,22,23)/t9-,11-,14+/m0/s1. The van der Waals surface area contributed by atoms with Gasteiger partial charge >= 0.3 is 18.1 Å². The second kappa shape index (κ2) is 6.09. The summed E-state index contributed by atoms with van der Waals surface area (Å²) in [4.78, 5) is 24.2. The van der Waals surface area contributed by atoms with Gasteiger partial charge in [0.05, 0.1) is 12.3 Å². The smallest absolute Gasteiger partial charge is 0.471 e. The van der Waals surface area contributed by atoms with Crippen LogP contribution in [0.2, 0.25) is 0 Å². The summed E-state index contributed by atoms with van der Waals surface area (Å²) in [7, 11) is 0. The topological polar surface area (TPSA) is 66.8 Å². The van der Waals surface area contributed by atoms with E-state index in [2.05, 4.69) is 0 Å². The molecule has 1 aliphatic heterocycles. The zero-order valence-electron chi connectivity index (χ0n) is 13.3. The van der Waals surface area contributed by atoms with Crippen molar-refractivity contribution < 1.29 is 32.6 Å². The Labute approximate surface area is 141 Å². The van der Waals surface area contributed by atoms with Gasteiger partial charge in [-0.1, -0.05) is 24.3 Å². The van der Waals surface area contributed by atoms with Crippen molar-refractivity contribution in [1.82, 2.24) is 0 Å². The van der Waals surface area contributed by atoms with Crippen molar-refractivity contribution in [2.24, 2.45) is 5.92 Å². The number of alkyl halides is 3. The first-order valence-electron chi connectivity index (χ1n) is 7.83. The Bertz CT molecular complexity index is 744. The van der Waals surface area contributed by atoms with Crippen molar-refractivity contribution in [3.05, 3.63) is 35.9 Å². The summed E-state index contributed by atoms with van der Waals surface area (Å²) in [6.45, 7) is 1.83. The first kappa shape index (κ1) is 17.3. The van der Waals surface area contributed by atoms with Gasteiger partial charge in [-0.15, -0.1) is 0 Å². The molecule has 8 heteroatoms. The number of anilines is 1. The Kier molecular flexibility index (Phi) is 4.22. The number of benzene rings is 1. The molecule has 25 heavy (non-hydrogen) atoms. The zero-order chi connectivity index (χ0) is 18.4. The summed E-state index contributed by atoms with van der Waals surface area (Å²) in [6, 6.07) is 3.07. The summed E-state index contributed by atoms with van der Waals surface area (Å²) in [5, 5.41) is 9.59. The number of allylic oxidation sites excluding steroid dienone is 2. The molecule has 0 radical (unpaired) electrons. The molecule has 0 spiro atoms. The third-order valence-corrected chi connectivity index (χ3v) is 4.54. The summed E-state index contributed by atoms with van der Waals surface area (Å²) in [5.74, 6) is -4.60. The van der Waals surface area contributed by atoms with Crippen LogP contribution in [0.15, 0.2) is 30.4 Å². The highest BCUT2D eigenvalue weighted by Crippen LogP contribution is 2.51. The number of ether oxygens (including phenoxy) is 1. The number of carbonyl (C=O) groups is 2. The second-order valence-electron chi connectivity index (χ2n) is 5.94. The fourth-order valence-electron chi connectivity index (χ4n) is 3.66. The molecule has 3 atom stereocenters. The SMILES string of the molecule is CCOc1cccc2c1N(C(=O)C(F)(F)F)[C@@H](C(=O)O)[C@H]1CC=C[C@@H]21. The lowest BCUT2D eigenvalue weighted by atomic mass is 9.77. The Hall–Kier alpha value is -2.51. The van der Waals surface area contributed by atoms with Crippen molar-refractivity contribution in [2.45, 2.75) is 31.5 Å². The normalized spacial score (nSPS) is 24.6. The van der Waals surface area contributed by atoms with Gasteiger partial charge in [0.1, 0.15) is 11.8 Å². The Morgan fingerprint density at radius 1 is 1.36 bits per heavy atom. The van der Waals surface area contributed by atoms with E-state index in [1.165, 1.54) is 6.07 Å². The molecule has 0 saturated heterocycles. The van der Waals surface area contributed by atoms with Crippen LogP contribution in [0.5, 0.6) is 5.75 Å². The highest BCUT2D eigenvalue weighted by molar-refractivity contribution is 6.05. The van der Waals surface area contributed by atoms with Crippen molar-refractivity contribution in [3.8, 4) is 5.75 Å². The van der Waals surface area contributed by atoms with Crippen LogP contribution >= 0.6 is 0 Å². The van der Waals surface area contributed by atoms with Crippen LogP contribution in [-0.4, -0.2) is 35.8 Å². The fraction of sp³-hybridized carbons (Fsp3) is 0.412. The van der Waals surface area contributed by atoms with E-state index in [1.807, 2.05) is 0 Å². The van der Waals surface area contributed by atoms with Crippen LogP contribution in [-0.2, 0) is 9.59 Å². The van der Waals surface area contributed by atoms with Gasteiger partial charge in [-0.2, -0.15) is 13.2 Å². The average molecular weight is 355 g/mol. The Morgan fingerprint density at radius 2 is 2.08 bits per heavy atom. The largest absolute Gasteiger partial charge is 0.492 e. The number of hydrogen-bond acceptors (Lipinski definition) is 3. The molecule has 134 valence electrons. The number of halogens is 3. The third kappa shape index (κ3) is 2.75. The molecule has 3 rings (SSSR count). The Morgan fingerprint density at radius 3 is 2.68 bits per heavy atom. The third-order valence-electron chi connectivity index (χ3n) is 4.54. The maximum Gasteiger partial charge on any atom is 0.471 e. The molecule has 1 aromatic rings. The van der Waals surface area contributed by atoms with E-state index in [1.54, 1.807) is 31.2 Å². The summed E-state index contributed by atoms with van der Waals surface area (Å²) in [6.07, 6.45) is -1.38. The molecule has 1 aromatic carbocycles. The van der Waals surface area contributed by atoms with Gasteiger partial charge in [0.2, 0.25) is 0 Å². The maximum absolute atomic E-state index is 13.2. The first-order chi connectivity index (χ1) is 11.8. The molecule has 2 aliphatic rings. The van der Waals surface area contributed by atoms with Crippen molar-refractivity contribution in [1.29, 1.82) is 0 Å². The molecular formula is C17H16F3NO4. The number of para-hydroxylation sites is 1. The number of fused-ring (bicyclic) bond motifs is 3. The van der Waals surface area contributed by atoms with E-state index in [0.717, 1.165) is 0 Å². The molecule has 1 aliphatic carbocycles. The van der Waals surface area contributed by atoms with Gasteiger partial charge in [-0.3, -0.25) is 9.69 Å². The lowest BCUT2D eigenvalue weighted by Gasteiger charge is -2.42. The van der Waals surface area contributed by atoms with Gasteiger partial charge in [0, 0.05) is 11.8 Å². The lowest BCUT2D eigenvalue weighted by molar-refractivity contribution is -0.172. The fourth-order valence-corrected chi connectivity index (χ4v) is 3.66. The second-order valence-corrected chi connectivity index (χ2v) is 5.94. The summed E-state index contributed by atoms with van der Waals surface area (Å²) >= 11 is 0. The van der Waals surface area contributed by atoms with Crippen LogP contribution in [0.1, 0.15) is 24.8 Å². The monoisotopic (exact) mass is 355 g/mol. The Balaban J connectivity index is 2.25. The first-order valence-corrected chi connectivity index (χ1v) is 7.83. The molecule has 5 nitrogen and oxygen atoms in total. The van der Waals surface area contributed by atoms with E-state index in [0.29, 0.717) is 16.9 Å². The molecular weight excluding hydrogens is 339 g/mol. The maximum atomic E-state index is 13.2. The molecule has 0 saturated carbocycles. The lowest BCUT2D eigenvalue weighted by Crippen LogP contribution is -2.57. The van der Waals surface area contributed by atoms with Crippen molar-refractivity contribution in [2.75, 3.05) is 11.5 Å². The molecule has 0 fully saturated rings. The van der Waals surface area contributed by atoms with E-state index >= 15 is 0 Å². The minimum atomic E-state index is -5.19. The number of rotatable bonds is 3. The van der Waals surface area contributed by atoms with Crippen LogP contribution < -0.4 is 9.64 Å². The minimum absolute atomic E-state index is 0.0719. The average Bonchev–Trinajstić information content (AvgIpc) is 3.01. The molecule has 0 bridgehead atoms. The van der Waals surface area contributed by atoms with E-state index in [9.17, 15) is 27.9 Å². The molecule has 1 heterocycles. The number of carbonyl (C=O) groups excluding carboxylic acids is 1. The van der Waals surface area contributed by atoms with Gasteiger partial charge in [0.25, 0.3) is 0 Å². The van der Waals surface area contributed by atoms with Crippen LogP contribution in [0, 0.1) is 5.92 Å². The van der Waals surface area contributed by atoms with Crippen LogP contribution in [0.3, 0.4) is 0 Å². The summed E-state index contributed by atoms with van der Waals surface area (Å²) in [5.41, 5.74) is 0.367. The van der Waals surface area contributed by atoms with E-state index in [-0.39, 0.29) is 24.0 Å². The molecule has 1 N–H and O–H groups in total. The van der Waals surface area contributed by atoms with Gasteiger partial charge in [-0.25, -0.2) is 4.79 Å². The minimum Gasteiger partial charge on any atom is -0.492 e. The zero-order valence-corrected chi connectivity index (χ0v) is 13.3. The molecule has 0 aromatic heterocycles. The summed E-state index contributed by atoms with van der Waals surface area (Å²) < 4.78 is 45.0. The quantitative estimate of drug-likeness (QED) is 0.846. The van der Waals surface area contributed by atoms with Gasteiger partial charge in [-0.05, 0) is 25.0 Å². The number of carboxylic acid groups (broad SMARTS) is 1. The van der Waals surface area contributed by atoms with Crippen molar-refractivity contribution in [3.63, 3.8) is 0 Å². The van der Waals surface area contributed by atoms with E-state index in [4.69, 9.17) is 4.74 Å². The number of aliphatic carboxylic acids is 1. The van der Waals surface area contributed by atoms with E-state index < -0.39 is 30.0 Å². The predicted molar refractivity (Wildman–Crippen MR) is 82.6 cm³/mol. The number of hydrogen-bond donors (Lipinski definition) is 1. The van der Waals surface area contributed by atoms with Crippen molar-refractivity contribution >= 4 is 17.6 Å². The number of carboxylic acids is 1. The van der Waals surface area contributed by atoms with Gasteiger partial charge in [0.15, 0.2) is 0 Å². The number of nitrogens with zero attached hydrogens (tertiary/aromatic N) is 1. The highest BCUT2D eigenvalue weighted by atomic mass is 19.4. The number of amides is 1. The molecule has 0 unspecified atom stereocenters. The predicted octanol–water partition coefficient (Wildman–Crippen LogP) is 3.11. The molecule has 1 amide bonds. The highest BCUT2D eigenvalue weighted by Gasteiger charge is 2.54. The van der Waals surface area contributed by atoms with Crippen LogP contribution in [0.25, 0.3) is 0 Å².